The summed E-state index contributed by atoms with van der Waals surface area (Å²) in [5.41, 5.74) is -0.426. The largest absolute Gasteiger partial charge is 0.444 e. The average molecular weight is 516 g/mol. The first-order valence-corrected chi connectivity index (χ1v) is 13.5. The lowest BCUT2D eigenvalue weighted by Gasteiger charge is -2.51. The summed E-state index contributed by atoms with van der Waals surface area (Å²) in [7, 11) is 0. The molecule has 208 valence electrons. The van der Waals surface area contributed by atoms with E-state index in [0.717, 1.165) is 12.0 Å². The SMILES string of the molecule is CC(C)C[C@@H](/C=C/[C@H](Cc1ccccc1)C(=O)NC1CC(C)(C)N(O)C(C)(C)C1)NC(=O)OC(C)(C)C. The number of piperidine rings is 1. The topological polar surface area (TPSA) is 90.9 Å². The van der Waals surface area contributed by atoms with Crippen LogP contribution in [0, 0.1) is 11.8 Å². The number of benzene rings is 1. The number of hydroxylamine groups is 2. The van der Waals surface area contributed by atoms with Crippen molar-refractivity contribution in [3.05, 3.63) is 48.0 Å². The molecule has 0 spiro atoms. The highest BCUT2D eigenvalue weighted by atomic mass is 16.6. The molecule has 1 aliphatic heterocycles. The third-order valence-corrected chi connectivity index (χ3v) is 6.62. The van der Waals surface area contributed by atoms with E-state index in [-0.39, 0.29) is 18.0 Å². The summed E-state index contributed by atoms with van der Waals surface area (Å²) in [4.78, 5) is 26.1. The Hall–Kier alpha value is -2.38. The monoisotopic (exact) mass is 515 g/mol. The average Bonchev–Trinajstić information content (AvgIpc) is 2.73. The molecule has 1 heterocycles. The molecule has 3 N–H and O–H groups in total. The molecule has 1 aromatic carbocycles. The van der Waals surface area contributed by atoms with Crippen LogP contribution in [-0.4, -0.2) is 51.0 Å². The lowest BCUT2D eigenvalue weighted by Crippen LogP contribution is -2.63. The molecule has 0 radical (unpaired) electrons. The van der Waals surface area contributed by atoms with Crippen molar-refractivity contribution in [3.63, 3.8) is 0 Å². The number of amides is 2. The molecule has 1 aromatic rings. The normalized spacial score (nSPS) is 20.0. The second-order valence-electron chi connectivity index (χ2n) is 13.1. The fourth-order valence-corrected chi connectivity index (χ4v) is 5.22. The summed E-state index contributed by atoms with van der Waals surface area (Å²) in [5, 5.41) is 18.3. The van der Waals surface area contributed by atoms with Gasteiger partial charge in [0, 0.05) is 17.1 Å². The lowest BCUT2D eigenvalue weighted by atomic mass is 9.78. The molecule has 2 rings (SSSR count). The number of rotatable bonds is 9. The summed E-state index contributed by atoms with van der Waals surface area (Å²) in [6.07, 6.45) is 5.97. The van der Waals surface area contributed by atoms with Gasteiger partial charge in [0.25, 0.3) is 0 Å². The second kappa shape index (κ2) is 12.4. The molecular weight excluding hydrogens is 466 g/mol. The number of ether oxygens (including phenoxy) is 1. The molecule has 0 saturated carbocycles. The first-order valence-electron chi connectivity index (χ1n) is 13.5. The van der Waals surface area contributed by atoms with Crippen LogP contribution in [-0.2, 0) is 16.0 Å². The molecule has 0 bridgehead atoms. The van der Waals surface area contributed by atoms with Crippen LogP contribution < -0.4 is 10.6 Å². The molecule has 1 aliphatic rings. The Balaban J connectivity index is 2.24. The predicted octanol–water partition coefficient (Wildman–Crippen LogP) is 5.87. The maximum absolute atomic E-state index is 13.6. The number of carbonyl (C=O) groups is 2. The van der Waals surface area contributed by atoms with E-state index in [1.54, 1.807) is 0 Å². The van der Waals surface area contributed by atoms with Gasteiger partial charge >= 0.3 is 6.09 Å². The zero-order chi connectivity index (χ0) is 28.0. The maximum atomic E-state index is 13.6. The van der Waals surface area contributed by atoms with E-state index < -0.39 is 28.7 Å². The number of nitrogens with one attached hydrogen (secondary N) is 2. The zero-order valence-corrected chi connectivity index (χ0v) is 24.3. The van der Waals surface area contributed by atoms with Crippen LogP contribution in [0.15, 0.2) is 42.5 Å². The summed E-state index contributed by atoms with van der Waals surface area (Å²) in [6.45, 7) is 17.7. The van der Waals surface area contributed by atoms with Crippen LogP contribution in [0.25, 0.3) is 0 Å². The fraction of sp³-hybridized carbons (Fsp3) is 0.667. The van der Waals surface area contributed by atoms with Gasteiger partial charge in [0.15, 0.2) is 0 Å². The van der Waals surface area contributed by atoms with Crippen molar-refractivity contribution < 1.29 is 19.5 Å². The summed E-state index contributed by atoms with van der Waals surface area (Å²) in [5.74, 6) is -0.112. The van der Waals surface area contributed by atoms with Crippen LogP contribution in [0.2, 0.25) is 0 Å². The molecule has 2 atom stereocenters. The second-order valence-corrected chi connectivity index (χ2v) is 13.1. The van der Waals surface area contributed by atoms with E-state index in [0.29, 0.717) is 25.2 Å². The minimum Gasteiger partial charge on any atom is -0.444 e. The van der Waals surface area contributed by atoms with Crippen molar-refractivity contribution in [2.75, 3.05) is 0 Å². The van der Waals surface area contributed by atoms with Crippen LogP contribution in [0.1, 0.15) is 87.1 Å². The minimum atomic E-state index is -0.586. The Morgan fingerprint density at radius 2 is 1.65 bits per heavy atom. The third kappa shape index (κ3) is 10.1. The van der Waals surface area contributed by atoms with Gasteiger partial charge in [0.1, 0.15) is 5.60 Å². The smallest absolute Gasteiger partial charge is 0.408 e. The van der Waals surface area contributed by atoms with E-state index in [2.05, 4.69) is 24.5 Å². The van der Waals surface area contributed by atoms with E-state index in [4.69, 9.17) is 4.74 Å². The van der Waals surface area contributed by atoms with Gasteiger partial charge in [-0.25, -0.2) is 4.79 Å². The molecule has 2 amide bonds. The molecule has 7 heteroatoms. The summed E-state index contributed by atoms with van der Waals surface area (Å²) in [6, 6.07) is 9.65. The van der Waals surface area contributed by atoms with Gasteiger partial charge < -0.3 is 20.6 Å². The van der Waals surface area contributed by atoms with E-state index in [1.165, 1.54) is 5.06 Å². The van der Waals surface area contributed by atoms with Crippen LogP contribution in [0.5, 0.6) is 0 Å². The Kier molecular flexibility index (Phi) is 10.4. The quantitative estimate of drug-likeness (QED) is 0.358. The van der Waals surface area contributed by atoms with Crippen molar-refractivity contribution in [2.45, 2.75) is 117 Å². The highest BCUT2D eigenvalue weighted by Gasteiger charge is 2.45. The van der Waals surface area contributed by atoms with Gasteiger partial charge in [-0.3, -0.25) is 4.79 Å². The number of hydrogen-bond donors (Lipinski definition) is 3. The standard InChI is InChI=1S/C30H49N3O4/c1-21(2)17-24(32-27(35)37-28(3,4)5)16-15-23(18-22-13-11-10-12-14-22)26(34)31-25-19-29(6,7)33(36)30(8,9)20-25/h10-16,21,23-25,36H,17-20H2,1-9H3,(H,31,34)(H,32,35)/b16-15+/t23-,24-/m1/s1. The third-order valence-electron chi connectivity index (χ3n) is 6.62. The van der Waals surface area contributed by atoms with E-state index in [1.807, 2.05) is 91.0 Å². The predicted molar refractivity (Wildman–Crippen MR) is 148 cm³/mol. The molecule has 1 fully saturated rings. The molecule has 0 aliphatic carbocycles. The van der Waals surface area contributed by atoms with Gasteiger partial charge in [-0.2, -0.15) is 5.06 Å². The van der Waals surface area contributed by atoms with Gasteiger partial charge in [0.05, 0.1) is 12.0 Å². The van der Waals surface area contributed by atoms with Gasteiger partial charge in [-0.05, 0) is 85.6 Å². The molecule has 7 nitrogen and oxygen atoms in total. The first-order chi connectivity index (χ1) is 17.0. The van der Waals surface area contributed by atoms with E-state index in [9.17, 15) is 14.8 Å². The number of nitrogens with zero attached hydrogens (tertiary/aromatic N) is 1. The maximum Gasteiger partial charge on any atom is 0.408 e. The van der Waals surface area contributed by atoms with Crippen molar-refractivity contribution >= 4 is 12.0 Å². The molecule has 0 unspecified atom stereocenters. The van der Waals surface area contributed by atoms with E-state index >= 15 is 0 Å². The van der Waals surface area contributed by atoms with Crippen LogP contribution in [0.4, 0.5) is 4.79 Å². The first kappa shape index (κ1) is 30.8. The summed E-state index contributed by atoms with van der Waals surface area (Å²) >= 11 is 0. The molecule has 0 aromatic heterocycles. The Bertz CT molecular complexity index is 901. The number of hydrogen-bond acceptors (Lipinski definition) is 5. The van der Waals surface area contributed by atoms with Crippen molar-refractivity contribution in [2.24, 2.45) is 11.8 Å². The Morgan fingerprint density at radius 3 is 2.16 bits per heavy atom. The highest BCUT2D eigenvalue weighted by molar-refractivity contribution is 5.81. The Labute approximate surface area is 224 Å². The zero-order valence-electron chi connectivity index (χ0n) is 24.3. The van der Waals surface area contributed by atoms with Gasteiger partial charge in [-0.1, -0.05) is 56.3 Å². The van der Waals surface area contributed by atoms with Gasteiger partial charge in [0.2, 0.25) is 5.91 Å². The Morgan fingerprint density at radius 1 is 1.08 bits per heavy atom. The van der Waals surface area contributed by atoms with Crippen LogP contribution >= 0.6 is 0 Å². The number of alkyl carbamates (subject to hydrolysis) is 1. The highest BCUT2D eigenvalue weighted by Crippen LogP contribution is 2.36. The fourth-order valence-electron chi connectivity index (χ4n) is 5.22. The lowest BCUT2D eigenvalue weighted by molar-refractivity contribution is -0.246. The molecular formula is C30H49N3O4. The van der Waals surface area contributed by atoms with Crippen molar-refractivity contribution in [3.8, 4) is 0 Å². The van der Waals surface area contributed by atoms with Crippen LogP contribution in [0.3, 0.4) is 0 Å². The number of carbonyl (C=O) groups excluding carboxylic acids is 2. The van der Waals surface area contributed by atoms with Gasteiger partial charge in [-0.15, -0.1) is 0 Å². The molecule has 1 saturated heterocycles. The van der Waals surface area contributed by atoms with Crippen molar-refractivity contribution in [1.82, 2.24) is 15.7 Å². The summed E-state index contributed by atoms with van der Waals surface area (Å²) < 4.78 is 5.46. The van der Waals surface area contributed by atoms with Crippen molar-refractivity contribution in [1.29, 1.82) is 0 Å². The molecule has 37 heavy (non-hydrogen) atoms. The minimum absolute atomic E-state index is 0.0522.